The molecule has 24 heavy (non-hydrogen) atoms. The number of hydrogen-bond acceptors (Lipinski definition) is 6. The SMILES string of the molecule is CCOC(=O)[C@H](C[C@](C)(O)C(=O)OCC)NC(=O)c1ccccc1. The summed E-state index contributed by atoms with van der Waals surface area (Å²) in [5, 5.41) is 12.7. The topological polar surface area (TPSA) is 102 Å². The third-order valence-corrected chi connectivity index (χ3v) is 3.23. The van der Waals surface area contributed by atoms with Crippen LogP contribution in [-0.2, 0) is 19.1 Å². The van der Waals surface area contributed by atoms with E-state index in [1.54, 1.807) is 44.2 Å². The van der Waals surface area contributed by atoms with Crippen LogP contribution in [0.25, 0.3) is 0 Å². The standard InChI is InChI=1S/C17H23NO6/c1-4-23-15(20)13(11-17(3,22)16(21)24-5-2)18-14(19)12-9-7-6-8-10-12/h6-10,13,22H,4-5,11H2,1-3H3,(H,18,19)/t13-,17-/m0/s1. The van der Waals surface area contributed by atoms with Crippen molar-refractivity contribution in [3.05, 3.63) is 35.9 Å². The quantitative estimate of drug-likeness (QED) is 0.688. The molecule has 0 aromatic heterocycles. The molecule has 0 heterocycles. The average molecular weight is 337 g/mol. The highest BCUT2D eigenvalue weighted by Gasteiger charge is 2.38. The number of amides is 1. The predicted molar refractivity (Wildman–Crippen MR) is 86.2 cm³/mol. The van der Waals surface area contributed by atoms with Gasteiger partial charge in [-0.05, 0) is 32.9 Å². The number of hydrogen-bond donors (Lipinski definition) is 2. The zero-order valence-electron chi connectivity index (χ0n) is 14.1. The largest absolute Gasteiger partial charge is 0.464 e. The van der Waals surface area contributed by atoms with Crippen LogP contribution in [0.15, 0.2) is 30.3 Å². The molecule has 0 fully saturated rings. The summed E-state index contributed by atoms with van der Waals surface area (Å²) in [6, 6.07) is 7.11. The fraction of sp³-hybridized carbons (Fsp3) is 0.471. The molecule has 0 radical (unpaired) electrons. The molecule has 7 nitrogen and oxygen atoms in total. The second-order valence-corrected chi connectivity index (χ2v) is 5.34. The van der Waals surface area contributed by atoms with Gasteiger partial charge in [0.15, 0.2) is 5.60 Å². The zero-order valence-corrected chi connectivity index (χ0v) is 14.1. The van der Waals surface area contributed by atoms with Gasteiger partial charge >= 0.3 is 11.9 Å². The van der Waals surface area contributed by atoms with Crippen molar-refractivity contribution in [1.82, 2.24) is 5.32 Å². The van der Waals surface area contributed by atoms with Crippen molar-refractivity contribution >= 4 is 17.8 Å². The second kappa shape index (κ2) is 9.02. The molecule has 1 rings (SSSR count). The van der Waals surface area contributed by atoms with E-state index in [1.807, 2.05) is 0 Å². The highest BCUT2D eigenvalue weighted by atomic mass is 16.6. The first-order valence-corrected chi connectivity index (χ1v) is 7.74. The van der Waals surface area contributed by atoms with E-state index in [4.69, 9.17) is 9.47 Å². The molecule has 2 N–H and O–H groups in total. The Morgan fingerprint density at radius 1 is 1.12 bits per heavy atom. The number of aliphatic hydroxyl groups is 1. The summed E-state index contributed by atoms with van der Waals surface area (Å²) in [5.74, 6) is -2.10. The van der Waals surface area contributed by atoms with E-state index in [-0.39, 0.29) is 19.6 Å². The minimum Gasteiger partial charge on any atom is -0.464 e. The first kappa shape index (κ1) is 19.6. The van der Waals surface area contributed by atoms with Crippen LogP contribution in [0, 0.1) is 0 Å². The van der Waals surface area contributed by atoms with Crippen LogP contribution in [0.4, 0.5) is 0 Å². The van der Waals surface area contributed by atoms with Crippen LogP contribution < -0.4 is 5.32 Å². The van der Waals surface area contributed by atoms with E-state index >= 15 is 0 Å². The monoisotopic (exact) mass is 337 g/mol. The number of nitrogens with one attached hydrogen (secondary N) is 1. The van der Waals surface area contributed by atoms with E-state index in [0.717, 1.165) is 0 Å². The van der Waals surface area contributed by atoms with Crippen molar-refractivity contribution in [1.29, 1.82) is 0 Å². The van der Waals surface area contributed by atoms with Gasteiger partial charge in [-0.25, -0.2) is 9.59 Å². The highest BCUT2D eigenvalue weighted by molar-refractivity contribution is 5.97. The van der Waals surface area contributed by atoms with E-state index in [9.17, 15) is 19.5 Å². The molecule has 0 aliphatic rings. The number of ether oxygens (including phenoxy) is 2. The number of carbonyl (C=O) groups excluding carboxylic acids is 3. The maximum absolute atomic E-state index is 12.2. The predicted octanol–water partition coefficient (Wildman–Crippen LogP) is 1.05. The maximum Gasteiger partial charge on any atom is 0.337 e. The summed E-state index contributed by atoms with van der Waals surface area (Å²) in [7, 11) is 0. The third kappa shape index (κ3) is 5.66. The second-order valence-electron chi connectivity index (χ2n) is 5.34. The van der Waals surface area contributed by atoms with Gasteiger partial charge in [0, 0.05) is 12.0 Å². The highest BCUT2D eigenvalue weighted by Crippen LogP contribution is 2.16. The number of esters is 2. The smallest absolute Gasteiger partial charge is 0.337 e. The number of benzene rings is 1. The average Bonchev–Trinajstić information content (AvgIpc) is 2.55. The first-order chi connectivity index (χ1) is 11.3. The summed E-state index contributed by atoms with van der Waals surface area (Å²) in [6.07, 6.45) is -0.358. The molecule has 0 saturated carbocycles. The van der Waals surface area contributed by atoms with E-state index in [1.165, 1.54) is 6.92 Å². The third-order valence-electron chi connectivity index (χ3n) is 3.23. The molecule has 0 bridgehead atoms. The lowest BCUT2D eigenvalue weighted by molar-refractivity contribution is -0.165. The molecule has 0 aliphatic carbocycles. The van der Waals surface area contributed by atoms with Crippen molar-refractivity contribution in [3.8, 4) is 0 Å². The summed E-state index contributed by atoms with van der Waals surface area (Å²) < 4.78 is 9.69. The Balaban J connectivity index is 2.90. The van der Waals surface area contributed by atoms with Crippen LogP contribution in [0.2, 0.25) is 0 Å². The maximum atomic E-state index is 12.2. The van der Waals surface area contributed by atoms with Crippen molar-refractivity contribution in [2.75, 3.05) is 13.2 Å². The van der Waals surface area contributed by atoms with Gasteiger partial charge in [0.05, 0.1) is 13.2 Å². The lowest BCUT2D eigenvalue weighted by Gasteiger charge is -2.26. The molecular formula is C17H23NO6. The van der Waals surface area contributed by atoms with Crippen molar-refractivity contribution in [2.45, 2.75) is 38.8 Å². The number of carbonyl (C=O) groups is 3. The van der Waals surface area contributed by atoms with Crippen LogP contribution in [-0.4, -0.2) is 47.8 Å². The Labute approximate surface area is 141 Å². The molecule has 1 amide bonds. The van der Waals surface area contributed by atoms with Gasteiger partial charge in [0.2, 0.25) is 0 Å². The lowest BCUT2D eigenvalue weighted by Crippen LogP contribution is -2.49. The van der Waals surface area contributed by atoms with Gasteiger partial charge in [-0.3, -0.25) is 4.79 Å². The summed E-state index contributed by atoms with van der Waals surface area (Å²) in [4.78, 5) is 36.1. The summed E-state index contributed by atoms with van der Waals surface area (Å²) >= 11 is 0. The Kier molecular flexibility index (Phi) is 7.38. The van der Waals surface area contributed by atoms with Gasteiger partial charge in [-0.1, -0.05) is 18.2 Å². The molecule has 2 atom stereocenters. The minimum absolute atomic E-state index is 0.0927. The summed E-state index contributed by atoms with van der Waals surface area (Å²) in [6.45, 7) is 4.66. The molecule has 7 heteroatoms. The van der Waals surface area contributed by atoms with Crippen LogP contribution >= 0.6 is 0 Å². The Morgan fingerprint density at radius 2 is 1.71 bits per heavy atom. The van der Waals surface area contributed by atoms with Gasteiger partial charge in [0.1, 0.15) is 6.04 Å². The van der Waals surface area contributed by atoms with E-state index in [2.05, 4.69) is 5.32 Å². The molecule has 1 aromatic rings. The Bertz CT molecular complexity index is 570. The molecule has 0 saturated heterocycles. The van der Waals surface area contributed by atoms with Crippen LogP contribution in [0.1, 0.15) is 37.6 Å². The summed E-state index contributed by atoms with van der Waals surface area (Å²) in [5.41, 5.74) is -1.58. The zero-order chi connectivity index (χ0) is 18.2. The van der Waals surface area contributed by atoms with E-state index < -0.39 is 29.5 Å². The van der Waals surface area contributed by atoms with Gasteiger partial charge < -0.3 is 19.9 Å². The molecule has 0 spiro atoms. The van der Waals surface area contributed by atoms with Gasteiger partial charge in [0.25, 0.3) is 5.91 Å². The van der Waals surface area contributed by atoms with Crippen LogP contribution in [0.5, 0.6) is 0 Å². The molecular weight excluding hydrogens is 314 g/mol. The number of rotatable bonds is 8. The van der Waals surface area contributed by atoms with Crippen molar-refractivity contribution in [3.63, 3.8) is 0 Å². The fourth-order valence-corrected chi connectivity index (χ4v) is 2.03. The molecule has 0 unspecified atom stereocenters. The Morgan fingerprint density at radius 3 is 2.25 bits per heavy atom. The molecule has 1 aromatic carbocycles. The lowest BCUT2D eigenvalue weighted by atomic mass is 9.96. The van der Waals surface area contributed by atoms with Crippen molar-refractivity contribution in [2.24, 2.45) is 0 Å². The fourth-order valence-electron chi connectivity index (χ4n) is 2.03. The van der Waals surface area contributed by atoms with Gasteiger partial charge in [-0.15, -0.1) is 0 Å². The van der Waals surface area contributed by atoms with Crippen molar-refractivity contribution < 1.29 is 29.0 Å². The normalized spacial score (nSPS) is 14.2. The molecule has 132 valence electrons. The van der Waals surface area contributed by atoms with Gasteiger partial charge in [-0.2, -0.15) is 0 Å². The Hall–Kier alpha value is -2.41. The minimum atomic E-state index is -1.93. The van der Waals surface area contributed by atoms with Crippen LogP contribution in [0.3, 0.4) is 0 Å². The first-order valence-electron chi connectivity index (χ1n) is 7.74. The van der Waals surface area contributed by atoms with E-state index in [0.29, 0.717) is 5.56 Å². The molecule has 0 aliphatic heterocycles.